The van der Waals surface area contributed by atoms with Crippen LogP contribution in [-0.4, -0.2) is 24.7 Å². The fourth-order valence-corrected chi connectivity index (χ4v) is 3.22. The summed E-state index contributed by atoms with van der Waals surface area (Å²) in [4.78, 5) is 14.2. The smallest absolute Gasteiger partial charge is 0.307 e. The van der Waals surface area contributed by atoms with Gasteiger partial charge in [-0.2, -0.15) is 0 Å². The Morgan fingerprint density at radius 3 is 2.43 bits per heavy atom. The van der Waals surface area contributed by atoms with Gasteiger partial charge in [-0.15, -0.1) is 12.6 Å². The summed E-state index contributed by atoms with van der Waals surface area (Å²) in [5.41, 5.74) is 4.52. The molecule has 0 radical (unpaired) electrons. The van der Waals surface area contributed by atoms with E-state index in [9.17, 15) is 9.90 Å². The van der Waals surface area contributed by atoms with Gasteiger partial charge in [-0.25, -0.2) is 0 Å². The van der Waals surface area contributed by atoms with Gasteiger partial charge in [-0.3, -0.25) is 4.79 Å². The number of nitrogens with zero attached hydrogens (tertiary/aromatic N) is 1. The third-order valence-electron chi connectivity index (χ3n) is 3.96. The zero-order valence-corrected chi connectivity index (χ0v) is 15.1. The highest BCUT2D eigenvalue weighted by atomic mass is 35.5. The summed E-state index contributed by atoms with van der Waals surface area (Å²) in [6, 6.07) is 9.42. The van der Waals surface area contributed by atoms with Crippen LogP contribution in [0.3, 0.4) is 0 Å². The summed E-state index contributed by atoms with van der Waals surface area (Å²) >= 11 is 10.7. The van der Waals surface area contributed by atoms with Gasteiger partial charge in [-0.1, -0.05) is 23.7 Å². The molecule has 23 heavy (non-hydrogen) atoms. The van der Waals surface area contributed by atoms with Crippen molar-refractivity contribution < 1.29 is 9.90 Å². The minimum atomic E-state index is -0.854. The second kappa shape index (κ2) is 7.28. The fraction of sp³-hybridized carbons (Fsp3) is 0.278. The molecule has 0 aliphatic carbocycles. The van der Waals surface area contributed by atoms with E-state index in [0.717, 1.165) is 39.4 Å². The fourth-order valence-electron chi connectivity index (χ4n) is 2.60. The average molecular weight is 350 g/mol. The SMILES string of the molecule is CCN(C)c1cc(C)c(CC(=O)O)c(-c2ccc(Cl)cc2)c1S. The molecule has 0 saturated carbocycles. The van der Waals surface area contributed by atoms with Gasteiger partial charge in [0.2, 0.25) is 0 Å². The van der Waals surface area contributed by atoms with Crippen LogP contribution >= 0.6 is 24.2 Å². The van der Waals surface area contributed by atoms with Crippen LogP contribution in [0.4, 0.5) is 5.69 Å². The van der Waals surface area contributed by atoms with E-state index in [-0.39, 0.29) is 6.42 Å². The molecule has 2 rings (SSSR count). The van der Waals surface area contributed by atoms with E-state index in [1.165, 1.54) is 0 Å². The number of carbonyl (C=O) groups is 1. The molecule has 0 aliphatic heterocycles. The van der Waals surface area contributed by atoms with Crippen molar-refractivity contribution in [3.63, 3.8) is 0 Å². The van der Waals surface area contributed by atoms with Crippen LogP contribution < -0.4 is 4.90 Å². The standard InChI is InChI=1S/C18H20ClNO2S/c1-4-20(3)15-9-11(2)14(10-16(21)22)17(18(15)23)12-5-7-13(19)8-6-12/h5-9,23H,4,10H2,1-3H3,(H,21,22). The molecule has 2 aromatic rings. The Morgan fingerprint density at radius 1 is 1.30 bits per heavy atom. The molecular formula is C18H20ClNO2S. The van der Waals surface area contributed by atoms with E-state index in [1.807, 2.05) is 32.2 Å². The summed E-state index contributed by atoms with van der Waals surface area (Å²) in [5.74, 6) is -0.854. The number of hydrogen-bond acceptors (Lipinski definition) is 3. The lowest BCUT2D eigenvalue weighted by Gasteiger charge is -2.24. The van der Waals surface area contributed by atoms with Gasteiger partial charge >= 0.3 is 5.97 Å². The third kappa shape index (κ3) is 3.82. The second-order valence-electron chi connectivity index (χ2n) is 5.51. The number of benzene rings is 2. The number of rotatable bonds is 5. The van der Waals surface area contributed by atoms with E-state index < -0.39 is 5.97 Å². The van der Waals surface area contributed by atoms with Crippen LogP contribution in [0.2, 0.25) is 5.02 Å². The van der Waals surface area contributed by atoms with Gasteiger partial charge in [0.05, 0.1) is 12.1 Å². The molecule has 0 unspecified atom stereocenters. The first-order valence-corrected chi connectivity index (χ1v) is 8.22. The van der Waals surface area contributed by atoms with Gasteiger partial charge in [0.25, 0.3) is 0 Å². The molecule has 122 valence electrons. The topological polar surface area (TPSA) is 40.5 Å². The van der Waals surface area contributed by atoms with Crippen LogP contribution in [-0.2, 0) is 11.2 Å². The van der Waals surface area contributed by atoms with Gasteiger partial charge in [0.15, 0.2) is 0 Å². The Hall–Kier alpha value is -1.65. The van der Waals surface area contributed by atoms with Crippen LogP contribution in [0, 0.1) is 6.92 Å². The number of carboxylic acid groups (broad SMARTS) is 1. The monoisotopic (exact) mass is 349 g/mol. The van der Waals surface area contributed by atoms with Gasteiger partial charge in [0.1, 0.15) is 0 Å². The predicted molar refractivity (Wildman–Crippen MR) is 99.2 cm³/mol. The van der Waals surface area contributed by atoms with E-state index in [1.54, 1.807) is 12.1 Å². The maximum atomic E-state index is 11.3. The molecular weight excluding hydrogens is 330 g/mol. The highest BCUT2D eigenvalue weighted by molar-refractivity contribution is 7.80. The van der Waals surface area contributed by atoms with Crippen molar-refractivity contribution >= 4 is 35.9 Å². The summed E-state index contributed by atoms with van der Waals surface area (Å²) < 4.78 is 0. The first-order valence-electron chi connectivity index (χ1n) is 7.39. The van der Waals surface area contributed by atoms with Crippen LogP contribution in [0.1, 0.15) is 18.1 Å². The van der Waals surface area contributed by atoms with Gasteiger partial charge in [0, 0.05) is 29.1 Å². The minimum absolute atomic E-state index is 0.0343. The lowest BCUT2D eigenvalue weighted by atomic mass is 9.92. The van der Waals surface area contributed by atoms with Gasteiger partial charge < -0.3 is 10.0 Å². The van der Waals surface area contributed by atoms with Crippen LogP contribution in [0.5, 0.6) is 0 Å². The summed E-state index contributed by atoms with van der Waals surface area (Å²) in [7, 11) is 2.00. The molecule has 2 aromatic carbocycles. The number of carboxylic acids is 1. The maximum Gasteiger partial charge on any atom is 0.307 e. The Balaban J connectivity index is 2.74. The largest absolute Gasteiger partial charge is 0.481 e. The lowest BCUT2D eigenvalue weighted by Crippen LogP contribution is -2.18. The molecule has 5 heteroatoms. The number of halogens is 1. The van der Waals surface area contributed by atoms with Crippen molar-refractivity contribution in [2.45, 2.75) is 25.2 Å². The molecule has 0 spiro atoms. The molecule has 1 N–H and O–H groups in total. The maximum absolute atomic E-state index is 11.3. The van der Waals surface area contributed by atoms with Crippen molar-refractivity contribution in [2.75, 3.05) is 18.5 Å². The summed E-state index contributed by atoms with van der Waals surface area (Å²) in [6.07, 6.45) is -0.0343. The zero-order valence-electron chi connectivity index (χ0n) is 13.4. The molecule has 0 atom stereocenters. The molecule has 0 amide bonds. The van der Waals surface area contributed by atoms with E-state index >= 15 is 0 Å². The number of thiol groups is 1. The van der Waals surface area contributed by atoms with Crippen molar-refractivity contribution in [3.8, 4) is 11.1 Å². The molecule has 0 heterocycles. The Bertz CT molecular complexity index is 729. The first kappa shape index (κ1) is 17.7. The van der Waals surface area contributed by atoms with Crippen molar-refractivity contribution in [2.24, 2.45) is 0 Å². The number of aliphatic carboxylic acids is 1. The second-order valence-corrected chi connectivity index (χ2v) is 6.39. The molecule has 0 aromatic heterocycles. The number of aryl methyl sites for hydroxylation is 1. The van der Waals surface area contributed by atoms with E-state index in [0.29, 0.717) is 5.02 Å². The van der Waals surface area contributed by atoms with E-state index in [4.69, 9.17) is 24.2 Å². The zero-order chi connectivity index (χ0) is 17.1. The van der Waals surface area contributed by atoms with Crippen molar-refractivity contribution in [1.29, 1.82) is 0 Å². The lowest BCUT2D eigenvalue weighted by molar-refractivity contribution is -0.136. The highest BCUT2D eigenvalue weighted by Gasteiger charge is 2.19. The van der Waals surface area contributed by atoms with Crippen molar-refractivity contribution in [1.82, 2.24) is 0 Å². The molecule has 0 bridgehead atoms. The van der Waals surface area contributed by atoms with Crippen LogP contribution in [0.15, 0.2) is 35.2 Å². The third-order valence-corrected chi connectivity index (χ3v) is 4.66. The Labute approximate surface area is 147 Å². The molecule has 0 aliphatic rings. The Kier molecular flexibility index (Phi) is 5.60. The molecule has 0 fully saturated rings. The average Bonchev–Trinajstić information content (AvgIpc) is 2.51. The Morgan fingerprint density at radius 2 is 1.91 bits per heavy atom. The predicted octanol–water partition coefficient (Wildman–Crippen LogP) is 4.69. The summed E-state index contributed by atoms with van der Waals surface area (Å²) in [6.45, 7) is 4.85. The number of hydrogen-bond donors (Lipinski definition) is 2. The molecule has 3 nitrogen and oxygen atoms in total. The number of anilines is 1. The highest BCUT2D eigenvalue weighted by Crippen LogP contribution is 2.39. The van der Waals surface area contributed by atoms with E-state index in [2.05, 4.69) is 11.8 Å². The normalized spacial score (nSPS) is 10.7. The quantitative estimate of drug-likeness (QED) is 0.769. The minimum Gasteiger partial charge on any atom is -0.481 e. The van der Waals surface area contributed by atoms with Gasteiger partial charge in [-0.05, 0) is 48.7 Å². The summed E-state index contributed by atoms with van der Waals surface area (Å²) in [5, 5.41) is 9.91. The van der Waals surface area contributed by atoms with Crippen LogP contribution in [0.25, 0.3) is 11.1 Å². The first-order chi connectivity index (χ1) is 10.8. The van der Waals surface area contributed by atoms with Crippen molar-refractivity contribution in [3.05, 3.63) is 46.5 Å². The molecule has 0 saturated heterocycles.